The third-order valence-electron chi connectivity index (χ3n) is 4.57. The Labute approximate surface area is 140 Å². The van der Waals surface area contributed by atoms with Gasteiger partial charge in [0.2, 0.25) is 0 Å². The molecule has 0 aliphatic heterocycles. The lowest BCUT2D eigenvalue weighted by molar-refractivity contribution is 0.335. The summed E-state index contributed by atoms with van der Waals surface area (Å²) >= 11 is 18.5. The van der Waals surface area contributed by atoms with E-state index in [0.717, 1.165) is 16.9 Å². The zero-order valence-electron chi connectivity index (χ0n) is 12.1. The number of halogens is 3. The third kappa shape index (κ3) is 2.91. The van der Waals surface area contributed by atoms with Gasteiger partial charge in [-0.2, -0.15) is 0 Å². The number of nitrogens with zero attached hydrogens (tertiary/aromatic N) is 2. The highest BCUT2D eigenvalue weighted by Gasteiger charge is 2.26. The van der Waals surface area contributed by atoms with E-state index in [0.29, 0.717) is 27.9 Å². The highest BCUT2D eigenvalue weighted by molar-refractivity contribution is 6.42. The predicted molar refractivity (Wildman–Crippen MR) is 90.6 cm³/mol. The molecule has 21 heavy (non-hydrogen) atoms. The Morgan fingerprint density at radius 2 is 1.86 bits per heavy atom. The number of fused-ring (bicyclic) bond motifs is 1. The van der Waals surface area contributed by atoms with E-state index in [2.05, 4.69) is 16.5 Å². The molecule has 0 amide bonds. The Bertz CT molecular complexity index is 650. The van der Waals surface area contributed by atoms with Crippen LogP contribution in [0.2, 0.25) is 10.0 Å². The molecule has 1 aromatic heterocycles. The molecule has 1 aliphatic carbocycles. The van der Waals surface area contributed by atoms with Crippen molar-refractivity contribution in [2.45, 2.75) is 50.9 Å². The minimum absolute atomic E-state index is 0.410. The van der Waals surface area contributed by atoms with Crippen molar-refractivity contribution in [3.63, 3.8) is 0 Å². The van der Waals surface area contributed by atoms with E-state index >= 15 is 0 Å². The Morgan fingerprint density at radius 1 is 1.14 bits per heavy atom. The summed E-state index contributed by atoms with van der Waals surface area (Å²) < 4.78 is 2.31. The average Bonchev–Trinajstić information content (AvgIpc) is 2.66. The fraction of sp³-hybridized carbons (Fsp3) is 0.562. The maximum atomic E-state index is 6.21. The molecule has 0 spiro atoms. The van der Waals surface area contributed by atoms with Crippen molar-refractivity contribution < 1.29 is 0 Å². The van der Waals surface area contributed by atoms with Gasteiger partial charge in [0.05, 0.1) is 27.0 Å². The van der Waals surface area contributed by atoms with E-state index in [4.69, 9.17) is 34.8 Å². The normalized spacial score (nSPS) is 23.4. The van der Waals surface area contributed by atoms with Crippen LogP contribution in [0.3, 0.4) is 0 Å². The van der Waals surface area contributed by atoms with Crippen molar-refractivity contribution in [3.05, 3.63) is 28.0 Å². The van der Waals surface area contributed by atoms with Crippen LogP contribution in [-0.2, 0) is 5.88 Å². The van der Waals surface area contributed by atoms with Gasteiger partial charge in [-0.3, -0.25) is 0 Å². The smallest absolute Gasteiger partial charge is 0.125 e. The first kappa shape index (κ1) is 15.5. The monoisotopic (exact) mass is 344 g/mol. The van der Waals surface area contributed by atoms with Gasteiger partial charge in [-0.15, -0.1) is 11.6 Å². The summed E-state index contributed by atoms with van der Waals surface area (Å²) in [7, 11) is 0. The molecule has 2 atom stereocenters. The first-order valence-corrected chi connectivity index (χ1v) is 8.82. The van der Waals surface area contributed by atoms with Crippen molar-refractivity contribution >= 4 is 45.8 Å². The molecular weight excluding hydrogens is 327 g/mol. The lowest BCUT2D eigenvalue weighted by atomic mass is 9.96. The minimum atomic E-state index is 0.410. The molecule has 114 valence electrons. The molecule has 1 heterocycles. The first-order chi connectivity index (χ1) is 10.1. The van der Waals surface area contributed by atoms with Gasteiger partial charge in [-0.05, 0) is 30.9 Å². The summed E-state index contributed by atoms with van der Waals surface area (Å²) in [6, 6.07) is 4.22. The number of rotatable bonds is 2. The van der Waals surface area contributed by atoms with E-state index in [9.17, 15) is 0 Å². The van der Waals surface area contributed by atoms with Crippen LogP contribution in [0.25, 0.3) is 11.0 Å². The summed E-state index contributed by atoms with van der Waals surface area (Å²) in [6.45, 7) is 2.33. The van der Waals surface area contributed by atoms with Crippen molar-refractivity contribution in [2.75, 3.05) is 0 Å². The number of benzene rings is 1. The molecule has 1 fully saturated rings. The van der Waals surface area contributed by atoms with E-state index in [-0.39, 0.29) is 0 Å². The molecule has 0 N–H and O–H groups in total. The van der Waals surface area contributed by atoms with Crippen LogP contribution < -0.4 is 0 Å². The molecule has 1 aliphatic rings. The zero-order chi connectivity index (χ0) is 15.0. The van der Waals surface area contributed by atoms with Gasteiger partial charge >= 0.3 is 0 Å². The molecule has 2 nitrogen and oxygen atoms in total. The molecule has 1 aromatic carbocycles. The molecule has 2 aromatic rings. The van der Waals surface area contributed by atoms with E-state index in [1.165, 1.54) is 32.1 Å². The molecule has 2 unspecified atom stereocenters. The van der Waals surface area contributed by atoms with Crippen LogP contribution in [0.4, 0.5) is 0 Å². The van der Waals surface area contributed by atoms with Crippen LogP contribution in [-0.4, -0.2) is 9.55 Å². The SMILES string of the molecule is CC1CCCCCC1n1c(CCl)nc2cc(Cl)c(Cl)cc21. The van der Waals surface area contributed by atoms with Crippen molar-refractivity contribution in [2.24, 2.45) is 5.92 Å². The summed E-state index contributed by atoms with van der Waals surface area (Å²) in [5.41, 5.74) is 1.94. The van der Waals surface area contributed by atoms with Crippen LogP contribution in [0.5, 0.6) is 0 Å². The summed E-state index contributed by atoms with van der Waals surface area (Å²) in [4.78, 5) is 4.66. The van der Waals surface area contributed by atoms with E-state index in [1.807, 2.05) is 12.1 Å². The maximum absolute atomic E-state index is 6.21. The number of aromatic nitrogens is 2. The van der Waals surface area contributed by atoms with Gasteiger partial charge in [0.25, 0.3) is 0 Å². The maximum Gasteiger partial charge on any atom is 0.125 e. The molecule has 0 saturated heterocycles. The second-order valence-corrected chi connectivity index (χ2v) is 7.05. The van der Waals surface area contributed by atoms with Crippen molar-refractivity contribution in [1.29, 1.82) is 0 Å². The molecule has 0 radical (unpaired) electrons. The summed E-state index contributed by atoms with van der Waals surface area (Å²) in [5.74, 6) is 1.96. The van der Waals surface area contributed by atoms with E-state index < -0.39 is 0 Å². The lowest BCUT2D eigenvalue weighted by Crippen LogP contribution is -2.18. The molecular formula is C16H19Cl3N2. The fourth-order valence-electron chi connectivity index (χ4n) is 3.46. The Hall–Kier alpha value is -0.440. The van der Waals surface area contributed by atoms with Crippen molar-refractivity contribution in [1.82, 2.24) is 9.55 Å². The standard InChI is InChI=1S/C16H19Cl3N2/c1-10-5-3-2-4-6-14(10)21-15-8-12(19)11(18)7-13(15)20-16(21)9-17/h7-8,10,14H,2-6,9H2,1H3. The highest BCUT2D eigenvalue weighted by atomic mass is 35.5. The molecule has 0 bridgehead atoms. The van der Waals surface area contributed by atoms with Gasteiger partial charge in [-0.1, -0.05) is 49.4 Å². The van der Waals surface area contributed by atoms with Crippen LogP contribution in [0, 0.1) is 5.92 Å². The Kier molecular flexibility index (Phi) is 4.68. The number of imidazole rings is 1. The average molecular weight is 346 g/mol. The molecule has 3 rings (SSSR count). The second-order valence-electron chi connectivity index (χ2n) is 5.97. The Morgan fingerprint density at radius 3 is 2.62 bits per heavy atom. The van der Waals surface area contributed by atoms with Gasteiger partial charge < -0.3 is 4.57 Å². The predicted octanol–water partition coefficient (Wildman–Crippen LogP) is 6.22. The van der Waals surface area contributed by atoms with Crippen LogP contribution in [0.15, 0.2) is 12.1 Å². The summed E-state index contributed by atoms with van der Waals surface area (Å²) in [5, 5.41) is 1.12. The number of hydrogen-bond acceptors (Lipinski definition) is 1. The number of alkyl halides is 1. The first-order valence-electron chi connectivity index (χ1n) is 7.53. The largest absolute Gasteiger partial charge is 0.324 e. The highest BCUT2D eigenvalue weighted by Crippen LogP contribution is 2.37. The van der Waals surface area contributed by atoms with Crippen LogP contribution in [0.1, 0.15) is 50.9 Å². The lowest BCUT2D eigenvalue weighted by Gasteiger charge is -2.25. The van der Waals surface area contributed by atoms with Gasteiger partial charge in [0.1, 0.15) is 5.82 Å². The van der Waals surface area contributed by atoms with Gasteiger partial charge in [-0.25, -0.2) is 4.98 Å². The minimum Gasteiger partial charge on any atom is -0.324 e. The molecule has 1 saturated carbocycles. The van der Waals surface area contributed by atoms with Crippen molar-refractivity contribution in [3.8, 4) is 0 Å². The van der Waals surface area contributed by atoms with E-state index in [1.54, 1.807) is 0 Å². The van der Waals surface area contributed by atoms with Crippen LogP contribution >= 0.6 is 34.8 Å². The molecule has 5 heteroatoms. The fourth-order valence-corrected chi connectivity index (χ4v) is 3.97. The van der Waals surface area contributed by atoms with Gasteiger partial charge in [0, 0.05) is 6.04 Å². The van der Waals surface area contributed by atoms with Gasteiger partial charge in [0.15, 0.2) is 0 Å². The summed E-state index contributed by atoms with van der Waals surface area (Å²) in [6.07, 6.45) is 6.32. The number of hydrogen-bond donors (Lipinski definition) is 0. The third-order valence-corrected chi connectivity index (χ3v) is 5.53. The second kappa shape index (κ2) is 6.36. The Balaban J connectivity index is 2.17. The zero-order valence-corrected chi connectivity index (χ0v) is 14.3. The topological polar surface area (TPSA) is 17.8 Å². The quantitative estimate of drug-likeness (QED) is 0.466.